The Kier molecular flexibility index (Phi) is 7.83. The summed E-state index contributed by atoms with van der Waals surface area (Å²) in [6, 6.07) is 15.1. The molecule has 0 saturated carbocycles. The van der Waals surface area contributed by atoms with Crippen molar-refractivity contribution in [1.29, 1.82) is 0 Å². The molecule has 1 fully saturated rings. The van der Waals surface area contributed by atoms with Crippen LogP contribution in [0.1, 0.15) is 26.3 Å². The minimum Gasteiger partial charge on any atom is -0.377 e. The summed E-state index contributed by atoms with van der Waals surface area (Å²) in [7, 11) is 0. The maximum atomic E-state index is 13.8. The van der Waals surface area contributed by atoms with Gasteiger partial charge in [-0.05, 0) is 17.7 Å². The third kappa shape index (κ3) is 5.47. The number of carbonyl (C=O) groups excluding carboxylic acids is 3. The number of hydrogen-bond donors (Lipinski definition) is 0. The SMILES string of the molecule is O=C([C@@H](Cc1ccccc1)N1C(=O)c2ccccc2C1=O)N1CCOCCOCCOCC1. The molecule has 0 spiro atoms. The highest BCUT2D eigenvalue weighted by atomic mass is 16.5. The van der Waals surface area contributed by atoms with Gasteiger partial charge in [0.25, 0.3) is 11.8 Å². The zero-order chi connectivity index (χ0) is 23.0. The van der Waals surface area contributed by atoms with Gasteiger partial charge in [0.15, 0.2) is 0 Å². The Hall–Kier alpha value is -3.07. The van der Waals surface area contributed by atoms with Crippen LogP contribution in [0.4, 0.5) is 0 Å². The van der Waals surface area contributed by atoms with Gasteiger partial charge < -0.3 is 19.1 Å². The third-order valence-corrected chi connectivity index (χ3v) is 5.76. The summed E-state index contributed by atoms with van der Waals surface area (Å²) in [6.45, 7) is 3.09. The Morgan fingerprint density at radius 1 is 0.727 bits per heavy atom. The van der Waals surface area contributed by atoms with Gasteiger partial charge in [0, 0.05) is 19.5 Å². The number of carbonyl (C=O) groups is 3. The second-order valence-corrected chi connectivity index (χ2v) is 7.89. The number of ether oxygens (including phenoxy) is 3. The van der Waals surface area contributed by atoms with Gasteiger partial charge in [-0.2, -0.15) is 0 Å². The fraction of sp³-hybridized carbons (Fsp3) is 0.400. The molecule has 0 aliphatic carbocycles. The summed E-state index contributed by atoms with van der Waals surface area (Å²) in [4.78, 5) is 42.9. The van der Waals surface area contributed by atoms with Gasteiger partial charge in [-0.15, -0.1) is 0 Å². The number of benzene rings is 2. The van der Waals surface area contributed by atoms with Crippen LogP contribution in [0.5, 0.6) is 0 Å². The highest BCUT2D eigenvalue weighted by molar-refractivity contribution is 6.22. The molecule has 174 valence electrons. The Bertz CT molecular complexity index is 933. The smallest absolute Gasteiger partial charge is 0.262 e. The van der Waals surface area contributed by atoms with Crippen LogP contribution in [0, 0.1) is 0 Å². The van der Waals surface area contributed by atoms with Crippen LogP contribution < -0.4 is 0 Å². The molecular weight excluding hydrogens is 424 g/mol. The van der Waals surface area contributed by atoms with Crippen molar-refractivity contribution in [2.45, 2.75) is 12.5 Å². The molecular formula is C25H28N2O6. The fourth-order valence-electron chi connectivity index (χ4n) is 4.05. The monoisotopic (exact) mass is 452 g/mol. The lowest BCUT2D eigenvalue weighted by molar-refractivity contribution is -0.137. The summed E-state index contributed by atoms with van der Waals surface area (Å²) >= 11 is 0. The maximum Gasteiger partial charge on any atom is 0.262 e. The molecule has 3 amide bonds. The molecule has 1 atom stereocenters. The van der Waals surface area contributed by atoms with Crippen molar-refractivity contribution in [2.24, 2.45) is 0 Å². The maximum absolute atomic E-state index is 13.8. The number of rotatable bonds is 4. The number of hydrogen-bond acceptors (Lipinski definition) is 6. The normalized spacial score (nSPS) is 18.9. The van der Waals surface area contributed by atoms with E-state index >= 15 is 0 Å². The van der Waals surface area contributed by atoms with Gasteiger partial charge in [0.1, 0.15) is 6.04 Å². The number of nitrogens with zero attached hydrogens (tertiary/aromatic N) is 2. The summed E-state index contributed by atoms with van der Waals surface area (Å²) in [5.41, 5.74) is 1.52. The first-order chi connectivity index (χ1) is 16.2. The average Bonchev–Trinajstić information content (AvgIpc) is 3.08. The average molecular weight is 453 g/mol. The summed E-state index contributed by atoms with van der Waals surface area (Å²) in [5.74, 6) is -1.18. The van der Waals surface area contributed by atoms with Crippen LogP contribution in [0.2, 0.25) is 0 Å². The summed E-state index contributed by atoms with van der Waals surface area (Å²) < 4.78 is 16.6. The highest BCUT2D eigenvalue weighted by Gasteiger charge is 2.43. The predicted octanol–water partition coefficient (Wildman–Crippen LogP) is 1.79. The number of imide groups is 1. The van der Waals surface area contributed by atoms with E-state index in [1.54, 1.807) is 29.2 Å². The first kappa shape index (κ1) is 23.1. The van der Waals surface area contributed by atoms with E-state index in [1.165, 1.54) is 0 Å². The second-order valence-electron chi connectivity index (χ2n) is 7.89. The molecule has 0 N–H and O–H groups in total. The lowest BCUT2D eigenvalue weighted by Crippen LogP contribution is -2.53. The predicted molar refractivity (Wildman–Crippen MR) is 120 cm³/mol. The van der Waals surface area contributed by atoms with E-state index in [0.29, 0.717) is 63.9 Å². The van der Waals surface area contributed by atoms with Crippen molar-refractivity contribution in [3.05, 3.63) is 71.3 Å². The van der Waals surface area contributed by atoms with Gasteiger partial charge in [0.2, 0.25) is 5.91 Å². The molecule has 33 heavy (non-hydrogen) atoms. The van der Waals surface area contributed by atoms with E-state index in [0.717, 1.165) is 10.5 Å². The zero-order valence-electron chi connectivity index (χ0n) is 18.5. The minimum atomic E-state index is -0.962. The van der Waals surface area contributed by atoms with Crippen molar-refractivity contribution in [3.63, 3.8) is 0 Å². The molecule has 4 rings (SSSR count). The van der Waals surface area contributed by atoms with E-state index < -0.39 is 17.9 Å². The van der Waals surface area contributed by atoms with Crippen LogP contribution in [-0.2, 0) is 25.4 Å². The van der Waals surface area contributed by atoms with Crippen molar-refractivity contribution >= 4 is 17.7 Å². The van der Waals surface area contributed by atoms with Crippen molar-refractivity contribution < 1.29 is 28.6 Å². The van der Waals surface area contributed by atoms with E-state index in [1.807, 2.05) is 30.3 Å². The number of fused-ring (bicyclic) bond motifs is 1. The van der Waals surface area contributed by atoms with Crippen LogP contribution in [0.3, 0.4) is 0 Å². The molecule has 1 saturated heterocycles. The Morgan fingerprint density at radius 2 is 1.21 bits per heavy atom. The number of amides is 3. The van der Waals surface area contributed by atoms with Crippen LogP contribution in [-0.4, -0.2) is 86.3 Å². The molecule has 0 bridgehead atoms. The largest absolute Gasteiger partial charge is 0.377 e. The van der Waals surface area contributed by atoms with E-state index in [2.05, 4.69) is 0 Å². The summed E-state index contributed by atoms with van der Waals surface area (Å²) in [5, 5.41) is 0. The van der Waals surface area contributed by atoms with Crippen LogP contribution in [0.15, 0.2) is 54.6 Å². The Morgan fingerprint density at radius 3 is 1.76 bits per heavy atom. The van der Waals surface area contributed by atoms with Gasteiger partial charge in [-0.1, -0.05) is 42.5 Å². The first-order valence-corrected chi connectivity index (χ1v) is 11.2. The van der Waals surface area contributed by atoms with Crippen LogP contribution in [0.25, 0.3) is 0 Å². The van der Waals surface area contributed by atoms with Crippen molar-refractivity contribution in [2.75, 3.05) is 52.7 Å². The van der Waals surface area contributed by atoms with Crippen LogP contribution >= 0.6 is 0 Å². The van der Waals surface area contributed by atoms with Gasteiger partial charge >= 0.3 is 0 Å². The molecule has 0 unspecified atom stereocenters. The van der Waals surface area contributed by atoms with Gasteiger partial charge in [-0.3, -0.25) is 19.3 Å². The minimum absolute atomic E-state index is 0.233. The van der Waals surface area contributed by atoms with Crippen molar-refractivity contribution in [1.82, 2.24) is 9.80 Å². The molecule has 2 aromatic rings. The molecule has 2 aliphatic heterocycles. The topological polar surface area (TPSA) is 85.4 Å². The fourth-order valence-corrected chi connectivity index (χ4v) is 4.05. The molecule has 2 aliphatic rings. The highest BCUT2D eigenvalue weighted by Crippen LogP contribution is 2.27. The Labute approximate surface area is 193 Å². The van der Waals surface area contributed by atoms with E-state index in [9.17, 15) is 14.4 Å². The third-order valence-electron chi connectivity index (χ3n) is 5.76. The summed E-state index contributed by atoms with van der Waals surface area (Å²) in [6.07, 6.45) is 0.233. The molecule has 8 heteroatoms. The van der Waals surface area contributed by atoms with Gasteiger partial charge in [-0.25, -0.2) is 0 Å². The van der Waals surface area contributed by atoms with E-state index in [-0.39, 0.29) is 12.3 Å². The quantitative estimate of drug-likeness (QED) is 0.658. The van der Waals surface area contributed by atoms with E-state index in [4.69, 9.17) is 14.2 Å². The molecule has 0 aromatic heterocycles. The molecule has 0 radical (unpaired) electrons. The molecule has 2 heterocycles. The lowest BCUT2D eigenvalue weighted by atomic mass is 10.0. The second kappa shape index (κ2) is 11.2. The molecule has 2 aromatic carbocycles. The van der Waals surface area contributed by atoms with Gasteiger partial charge in [0.05, 0.1) is 50.8 Å². The Balaban J connectivity index is 1.60. The van der Waals surface area contributed by atoms with Crippen molar-refractivity contribution in [3.8, 4) is 0 Å². The lowest BCUT2D eigenvalue weighted by Gasteiger charge is -2.32. The zero-order valence-corrected chi connectivity index (χ0v) is 18.5. The standard InChI is InChI=1S/C25H28N2O6/c28-23-20-8-4-5-9-21(20)24(29)27(23)22(18-19-6-2-1-3-7-19)25(30)26-10-12-31-14-16-33-17-15-32-13-11-26/h1-9,22H,10-18H2/t22-/m1/s1. The first-order valence-electron chi connectivity index (χ1n) is 11.2. The molecule has 8 nitrogen and oxygen atoms in total.